The molecule has 0 N–H and O–H groups in total. The van der Waals surface area contributed by atoms with Gasteiger partial charge in [-0.15, -0.1) is 0 Å². The van der Waals surface area contributed by atoms with Gasteiger partial charge in [-0.05, 0) is 37.2 Å². The lowest BCUT2D eigenvalue weighted by Gasteiger charge is -2.10. The number of hydrogen-bond acceptors (Lipinski definition) is 4. The second-order valence-electron chi connectivity index (χ2n) is 3.23. The molecule has 1 unspecified atom stereocenters. The smallest absolute Gasteiger partial charge is 0.174 e. The summed E-state index contributed by atoms with van der Waals surface area (Å²) in [6, 6.07) is 3.63. The first-order valence-corrected chi connectivity index (χ1v) is 6.25. The molecule has 0 aliphatic rings. The fraction of sp³-hybridized carbons (Fsp3) is 0.300. The van der Waals surface area contributed by atoms with Crippen molar-refractivity contribution in [1.29, 1.82) is 0 Å². The van der Waals surface area contributed by atoms with Gasteiger partial charge < -0.3 is 4.55 Å². The molecule has 5 nitrogen and oxygen atoms in total. The van der Waals surface area contributed by atoms with E-state index < -0.39 is 11.2 Å². The second-order valence-corrected chi connectivity index (χ2v) is 4.94. The fourth-order valence-electron chi connectivity index (χ4n) is 1.39. The van der Waals surface area contributed by atoms with E-state index in [1.165, 1.54) is 6.33 Å². The molecule has 1 atom stereocenters. The lowest BCUT2D eigenvalue weighted by molar-refractivity contribution is 0.595. The summed E-state index contributed by atoms with van der Waals surface area (Å²) in [6.45, 7) is 3.74. The second kappa shape index (κ2) is 4.63. The third-order valence-corrected chi connectivity index (χ3v) is 3.63. The Morgan fingerprint density at radius 1 is 1.44 bits per heavy atom. The molecule has 0 saturated carbocycles. The Morgan fingerprint density at radius 2 is 2.25 bits per heavy atom. The number of aromatic nitrogens is 4. The molecule has 2 aromatic rings. The van der Waals surface area contributed by atoms with Crippen LogP contribution in [0.4, 0.5) is 0 Å². The van der Waals surface area contributed by atoms with Crippen LogP contribution in [0, 0.1) is 6.92 Å². The van der Waals surface area contributed by atoms with Crippen molar-refractivity contribution in [2.24, 2.45) is 0 Å². The maximum absolute atomic E-state index is 11.7. The third kappa shape index (κ3) is 2.07. The summed E-state index contributed by atoms with van der Waals surface area (Å²) in [4.78, 5) is 8.99. The molecule has 0 fully saturated rings. The van der Waals surface area contributed by atoms with Gasteiger partial charge >= 0.3 is 0 Å². The van der Waals surface area contributed by atoms with Gasteiger partial charge in [0.2, 0.25) is 0 Å². The van der Waals surface area contributed by atoms with Crippen LogP contribution in [0.5, 0.6) is 0 Å². The zero-order chi connectivity index (χ0) is 11.5. The van der Waals surface area contributed by atoms with Crippen LogP contribution in [0.2, 0.25) is 0 Å². The van der Waals surface area contributed by atoms with Gasteiger partial charge in [0.15, 0.2) is 10.7 Å². The third-order valence-electron chi connectivity index (χ3n) is 2.18. The maximum atomic E-state index is 11.7. The van der Waals surface area contributed by atoms with E-state index in [2.05, 4.69) is 15.1 Å². The normalized spacial score (nSPS) is 12.7. The molecular formula is C10H12N4OS. The molecule has 6 heteroatoms. The van der Waals surface area contributed by atoms with Crippen LogP contribution in [0.1, 0.15) is 12.6 Å². The van der Waals surface area contributed by atoms with Crippen molar-refractivity contribution in [3.63, 3.8) is 0 Å². The van der Waals surface area contributed by atoms with Crippen molar-refractivity contribution in [1.82, 2.24) is 19.7 Å². The van der Waals surface area contributed by atoms with Crippen LogP contribution in [-0.4, -0.2) is 30.1 Å². The summed E-state index contributed by atoms with van der Waals surface area (Å²) in [5, 5.41) is 3.99. The number of pyridine rings is 1. The first-order chi connectivity index (χ1) is 7.72. The number of nitrogens with zero attached hydrogens (tertiary/aromatic N) is 4. The van der Waals surface area contributed by atoms with E-state index in [1.807, 2.05) is 19.9 Å². The van der Waals surface area contributed by atoms with Crippen LogP contribution in [0.3, 0.4) is 0 Å². The van der Waals surface area contributed by atoms with E-state index in [0.717, 1.165) is 10.6 Å². The quantitative estimate of drug-likeness (QED) is 0.748. The average molecular weight is 236 g/mol. The molecule has 2 aromatic heterocycles. The highest BCUT2D eigenvalue weighted by atomic mass is 32.2. The lowest BCUT2D eigenvalue weighted by atomic mass is 10.4. The highest BCUT2D eigenvalue weighted by Crippen LogP contribution is 2.16. The summed E-state index contributed by atoms with van der Waals surface area (Å²) in [6.07, 6.45) is 3.04. The molecule has 0 amide bonds. The molecule has 0 saturated heterocycles. The molecule has 0 aliphatic heterocycles. The molecular weight excluding hydrogens is 224 g/mol. The minimum Gasteiger partial charge on any atom is -0.611 e. The predicted octanol–water partition coefficient (Wildman–Crippen LogP) is 1.10. The molecule has 84 valence electrons. The van der Waals surface area contributed by atoms with Gasteiger partial charge in [0.05, 0.1) is 5.69 Å². The topological polar surface area (TPSA) is 66.7 Å². The van der Waals surface area contributed by atoms with Gasteiger partial charge in [0.25, 0.3) is 0 Å². The summed E-state index contributed by atoms with van der Waals surface area (Å²) >= 11 is -0.965. The average Bonchev–Trinajstić information content (AvgIpc) is 2.81. The van der Waals surface area contributed by atoms with Crippen LogP contribution >= 0.6 is 0 Å². The molecule has 16 heavy (non-hydrogen) atoms. The molecule has 0 aliphatic carbocycles. The van der Waals surface area contributed by atoms with Gasteiger partial charge in [-0.3, -0.25) is 0 Å². The Balaban J connectivity index is 2.37. The summed E-state index contributed by atoms with van der Waals surface area (Å²) in [7, 11) is 0. The zero-order valence-corrected chi connectivity index (χ0v) is 9.94. The van der Waals surface area contributed by atoms with Gasteiger partial charge in [0.1, 0.15) is 18.4 Å². The predicted molar refractivity (Wildman–Crippen MR) is 60.8 cm³/mol. The Kier molecular flexibility index (Phi) is 3.21. The Labute approximate surface area is 96.7 Å². The van der Waals surface area contributed by atoms with Crippen LogP contribution in [0.15, 0.2) is 29.7 Å². The minimum absolute atomic E-state index is 0.602. The monoisotopic (exact) mass is 236 g/mol. The fourth-order valence-corrected chi connectivity index (χ4v) is 2.29. The van der Waals surface area contributed by atoms with Gasteiger partial charge in [-0.2, -0.15) is 5.10 Å². The standard InChI is InChI=1S/C10H12N4OS/c1-3-16(15)9-4-5-10(13-8(9)2)14-7-11-6-12-14/h4-7H,3H2,1-2H3. The van der Waals surface area contributed by atoms with E-state index in [4.69, 9.17) is 0 Å². The van der Waals surface area contributed by atoms with Crippen molar-refractivity contribution in [2.45, 2.75) is 18.7 Å². The number of rotatable bonds is 3. The van der Waals surface area contributed by atoms with E-state index in [0.29, 0.717) is 11.6 Å². The van der Waals surface area contributed by atoms with Crippen molar-refractivity contribution in [2.75, 3.05) is 5.75 Å². The van der Waals surface area contributed by atoms with Crippen LogP contribution in [0.25, 0.3) is 5.82 Å². The largest absolute Gasteiger partial charge is 0.611 e. The molecule has 0 aromatic carbocycles. The number of hydrogen-bond donors (Lipinski definition) is 0. The SMILES string of the molecule is CC[S+]([O-])c1ccc(-n2cncn2)nc1C. The van der Waals surface area contributed by atoms with Crippen LogP contribution in [-0.2, 0) is 11.2 Å². The van der Waals surface area contributed by atoms with Gasteiger partial charge in [0, 0.05) is 0 Å². The van der Waals surface area contributed by atoms with Crippen molar-refractivity contribution < 1.29 is 4.55 Å². The van der Waals surface area contributed by atoms with Gasteiger partial charge in [-0.25, -0.2) is 14.6 Å². The van der Waals surface area contributed by atoms with E-state index in [-0.39, 0.29) is 0 Å². The van der Waals surface area contributed by atoms with E-state index in [9.17, 15) is 4.55 Å². The van der Waals surface area contributed by atoms with Gasteiger partial charge in [-0.1, -0.05) is 0 Å². The van der Waals surface area contributed by atoms with Crippen molar-refractivity contribution >= 4 is 11.2 Å². The molecule has 2 heterocycles. The zero-order valence-electron chi connectivity index (χ0n) is 9.12. The first-order valence-electron chi connectivity index (χ1n) is 4.93. The highest BCUT2D eigenvalue weighted by molar-refractivity contribution is 7.91. The summed E-state index contributed by atoms with van der Waals surface area (Å²) in [5.74, 6) is 1.29. The maximum Gasteiger partial charge on any atom is 0.174 e. The molecule has 0 radical (unpaired) electrons. The van der Waals surface area contributed by atoms with Crippen LogP contribution < -0.4 is 0 Å². The molecule has 2 rings (SSSR count). The van der Waals surface area contributed by atoms with Crippen molar-refractivity contribution in [3.8, 4) is 5.82 Å². The van der Waals surface area contributed by atoms with E-state index >= 15 is 0 Å². The summed E-state index contributed by atoms with van der Waals surface area (Å²) < 4.78 is 13.2. The Morgan fingerprint density at radius 3 is 2.81 bits per heavy atom. The Bertz CT molecular complexity index is 472. The number of aryl methyl sites for hydroxylation is 1. The summed E-state index contributed by atoms with van der Waals surface area (Å²) in [5.41, 5.74) is 0.771. The van der Waals surface area contributed by atoms with E-state index in [1.54, 1.807) is 17.1 Å². The first kappa shape index (κ1) is 11.1. The Hall–Kier alpha value is -1.40. The lowest BCUT2D eigenvalue weighted by Crippen LogP contribution is -2.09. The molecule has 0 bridgehead atoms. The minimum atomic E-state index is -0.965. The highest BCUT2D eigenvalue weighted by Gasteiger charge is 2.13. The molecule has 0 spiro atoms. The van der Waals surface area contributed by atoms with Crippen molar-refractivity contribution in [3.05, 3.63) is 30.5 Å².